The van der Waals surface area contributed by atoms with Gasteiger partial charge in [-0.15, -0.1) is 0 Å². The molecule has 0 atom stereocenters. The first kappa shape index (κ1) is 17.4. The maximum Gasteiger partial charge on any atom is 0.255 e. The van der Waals surface area contributed by atoms with Gasteiger partial charge in [-0.05, 0) is 68.3 Å². The number of amides is 1. The van der Waals surface area contributed by atoms with Crippen molar-refractivity contribution in [2.45, 2.75) is 27.3 Å². The summed E-state index contributed by atoms with van der Waals surface area (Å²) < 4.78 is 2.99. The first-order valence-corrected chi connectivity index (χ1v) is 8.89. The Morgan fingerprint density at radius 3 is 2.40 bits per heavy atom. The third-order valence-electron chi connectivity index (χ3n) is 4.07. The Balaban J connectivity index is 1.69. The third kappa shape index (κ3) is 4.17. The largest absolute Gasteiger partial charge is 0.322 e. The molecule has 3 rings (SSSR count). The molecule has 0 aliphatic carbocycles. The average molecular weight is 398 g/mol. The number of aromatic nitrogens is 2. The Kier molecular flexibility index (Phi) is 5.04. The van der Waals surface area contributed by atoms with Crippen LogP contribution in [0.25, 0.3) is 0 Å². The van der Waals surface area contributed by atoms with Gasteiger partial charge in [0, 0.05) is 21.4 Å². The normalized spacial score (nSPS) is 10.7. The predicted molar refractivity (Wildman–Crippen MR) is 104 cm³/mol. The van der Waals surface area contributed by atoms with Crippen molar-refractivity contribution in [2.24, 2.45) is 0 Å². The molecule has 0 radical (unpaired) electrons. The van der Waals surface area contributed by atoms with Crippen LogP contribution in [-0.2, 0) is 6.54 Å². The Labute approximate surface area is 156 Å². The summed E-state index contributed by atoms with van der Waals surface area (Å²) in [5.41, 5.74) is 5.76. The highest BCUT2D eigenvalue weighted by atomic mass is 79.9. The summed E-state index contributed by atoms with van der Waals surface area (Å²) in [7, 11) is 0. The number of anilines is 1. The monoisotopic (exact) mass is 397 g/mol. The van der Waals surface area contributed by atoms with Crippen molar-refractivity contribution in [3.63, 3.8) is 0 Å². The number of benzene rings is 2. The van der Waals surface area contributed by atoms with Crippen LogP contribution in [0.1, 0.15) is 32.9 Å². The minimum Gasteiger partial charge on any atom is -0.322 e. The van der Waals surface area contributed by atoms with E-state index in [0.29, 0.717) is 12.1 Å². The first-order valence-electron chi connectivity index (χ1n) is 8.10. The van der Waals surface area contributed by atoms with E-state index in [4.69, 9.17) is 0 Å². The van der Waals surface area contributed by atoms with Crippen LogP contribution in [0, 0.1) is 20.8 Å². The zero-order chi connectivity index (χ0) is 18.0. The molecule has 3 aromatic rings. The summed E-state index contributed by atoms with van der Waals surface area (Å²) in [6.07, 6.45) is 0. The van der Waals surface area contributed by atoms with E-state index in [1.165, 1.54) is 0 Å². The smallest absolute Gasteiger partial charge is 0.255 e. The molecule has 0 spiro atoms. The molecule has 0 unspecified atom stereocenters. The Morgan fingerprint density at radius 1 is 1.08 bits per heavy atom. The third-order valence-corrected chi connectivity index (χ3v) is 4.96. The predicted octanol–water partition coefficient (Wildman–Crippen LogP) is 4.87. The van der Waals surface area contributed by atoms with Crippen LogP contribution in [0.2, 0.25) is 0 Å². The van der Waals surface area contributed by atoms with E-state index in [1.807, 2.05) is 67.9 Å². The fourth-order valence-electron chi connectivity index (χ4n) is 2.70. The number of hydrogen-bond donors (Lipinski definition) is 1. The molecule has 128 valence electrons. The molecule has 1 aromatic heterocycles. The highest BCUT2D eigenvalue weighted by Crippen LogP contribution is 2.20. The van der Waals surface area contributed by atoms with Gasteiger partial charge < -0.3 is 5.32 Å². The summed E-state index contributed by atoms with van der Waals surface area (Å²) >= 11 is 3.46. The summed E-state index contributed by atoms with van der Waals surface area (Å²) in [5, 5.41) is 7.40. The SMILES string of the molecule is Cc1cc(C)n(Cc2ccc(C(=O)Nc3ccc(Br)c(C)c3)cc2)n1. The molecule has 0 saturated carbocycles. The zero-order valence-electron chi connectivity index (χ0n) is 14.5. The van der Waals surface area contributed by atoms with Crippen LogP contribution in [0.3, 0.4) is 0 Å². The summed E-state index contributed by atoms with van der Waals surface area (Å²) in [6.45, 7) is 6.73. The lowest BCUT2D eigenvalue weighted by Crippen LogP contribution is -2.12. The van der Waals surface area contributed by atoms with Gasteiger partial charge in [0.05, 0.1) is 12.2 Å². The van der Waals surface area contributed by atoms with Crippen LogP contribution in [-0.4, -0.2) is 15.7 Å². The minimum absolute atomic E-state index is 0.112. The van der Waals surface area contributed by atoms with Gasteiger partial charge in [0.25, 0.3) is 5.91 Å². The van der Waals surface area contributed by atoms with E-state index in [0.717, 1.165) is 32.7 Å². The molecule has 1 heterocycles. The summed E-state index contributed by atoms with van der Waals surface area (Å²) in [5.74, 6) is -0.112. The average Bonchev–Trinajstić information content (AvgIpc) is 2.89. The number of aryl methyl sites for hydroxylation is 3. The van der Waals surface area contributed by atoms with Crippen LogP contribution >= 0.6 is 15.9 Å². The Morgan fingerprint density at radius 2 is 1.80 bits per heavy atom. The zero-order valence-corrected chi connectivity index (χ0v) is 16.1. The van der Waals surface area contributed by atoms with E-state index in [1.54, 1.807) is 0 Å². The molecule has 25 heavy (non-hydrogen) atoms. The Bertz CT molecular complexity index is 913. The number of carbonyl (C=O) groups is 1. The molecule has 0 aliphatic heterocycles. The van der Waals surface area contributed by atoms with Gasteiger partial charge in [0.15, 0.2) is 0 Å². The lowest BCUT2D eigenvalue weighted by atomic mass is 10.1. The molecule has 5 heteroatoms. The summed E-state index contributed by atoms with van der Waals surface area (Å²) in [4.78, 5) is 12.4. The van der Waals surface area contributed by atoms with Crippen molar-refractivity contribution in [3.8, 4) is 0 Å². The highest BCUT2D eigenvalue weighted by Gasteiger charge is 2.08. The molecule has 0 aliphatic rings. The van der Waals surface area contributed by atoms with Gasteiger partial charge >= 0.3 is 0 Å². The van der Waals surface area contributed by atoms with E-state index in [9.17, 15) is 4.79 Å². The van der Waals surface area contributed by atoms with Gasteiger partial charge in [-0.1, -0.05) is 28.1 Å². The number of rotatable bonds is 4. The van der Waals surface area contributed by atoms with Gasteiger partial charge in [-0.3, -0.25) is 9.48 Å². The van der Waals surface area contributed by atoms with E-state index < -0.39 is 0 Å². The fourth-order valence-corrected chi connectivity index (χ4v) is 2.94. The molecule has 4 nitrogen and oxygen atoms in total. The quantitative estimate of drug-likeness (QED) is 0.682. The second-order valence-corrected chi connectivity index (χ2v) is 7.05. The lowest BCUT2D eigenvalue weighted by Gasteiger charge is -2.09. The van der Waals surface area contributed by atoms with E-state index >= 15 is 0 Å². The van der Waals surface area contributed by atoms with Crippen molar-refractivity contribution >= 4 is 27.5 Å². The van der Waals surface area contributed by atoms with Crippen LogP contribution in [0.5, 0.6) is 0 Å². The number of halogens is 1. The molecule has 0 saturated heterocycles. The number of nitrogens with one attached hydrogen (secondary N) is 1. The van der Waals surface area contributed by atoms with Gasteiger partial charge in [0.2, 0.25) is 0 Å². The lowest BCUT2D eigenvalue weighted by molar-refractivity contribution is 0.102. The maximum atomic E-state index is 12.4. The van der Waals surface area contributed by atoms with Crippen molar-refractivity contribution in [1.82, 2.24) is 9.78 Å². The number of nitrogens with zero attached hydrogens (tertiary/aromatic N) is 2. The second-order valence-electron chi connectivity index (χ2n) is 6.20. The molecule has 0 bridgehead atoms. The molecule has 1 amide bonds. The second kappa shape index (κ2) is 7.23. The van der Waals surface area contributed by atoms with E-state index in [-0.39, 0.29) is 5.91 Å². The van der Waals surface area contributed by atoms with Crippen molar-refractivity contribution in [1.29, 1.82) is 0 Å². The van der Waals surface area contributed by atoms with Gasteiger partial charge in [0.1, 0.15) is 0 Å². The van der Waals surface area contributed by atoms with Crippen molar-refractivity contribution < 1.29 is 4.79 Å². The number of carbonyl (C=O) groups excluding carboxylic acids is 1. The Hall–Kier alpha value is -2.40. The molecule has 2 aromatic carbocycles. The number of hydrogen-bond acceptors (Lipinski definition) is 2. The first-order chi connectivity index (χ1) is 11.9. The molecule has 0 fully saturated rings. The highest BCUT2D eigenvalue weighted by molar-refractivity contribution is 9.10. The molecular formula is C20H20BrN3O. The van der Waals surface area contributed by atoms with Crippen LogP contribution in [0.4, 0.5) is 5.69 Å². The van der Waals surface area contributed by atoms with Gasteiger partial charge in [-0.2, -0.15) is 5.10 Å². The van der Waals surface area contributed by atoms with E-state index in [2.05, 4.69) is 32.4 Å². The van der Waals surface area contributed by atoms with Gasteiger partial charge in [-0.25, -0.2) is 0 Å². The topological polar surface area (TPSA) is 46.9 Å². The molecule has 1 N–H and O–H groups in total. The standard InChI is InChI=1S/C20H20BrN3O/c1-13-10-18(8-9-19(13)21)22-20(25)17-6-4-16(5-7-17)12-24-15(3)11-14(2)23-24/h4-11H,12H2,1-3H3,(H,22,25). The molecular weight excluding hydrogens is 378 g/mol. The van der Waals surface area contributed by atoms with Crippen molar-refractivity contribution in [3.05, 3.63) is 81.1 Å². The van der Waals surface area contributed by atoms with Crippen LogP contribution < -0.4 is 5.32 Å². The fraction of sp³-hybridized carbons (Fsp3) is 0.200. The van der Waals surface area contributed by atoms with Crippen molar-refractivity contribution in [2.75, 3.05) is 5.32 Å². The maximum absolute atomic E-state index is 12.4. The minimum atomic E-state index is -0.112. The summed E-state index contributed by atoms with van der Waals surface area (Å²) in [6, 6.07) is 15.5. The van der Waals surface area contributed by atoms with Crippen LogP contribution in [0.15, 0.2) is 53.0 Å².